The zero-order chi connectivity index (χ0) is 26.5. The number of quaternary nitrogens is 1. The summed E-state index contributed by atoms with van der Waals surface area (Å²) in [6.07, 6.45) is 0.660. The van der Waals surface area contributed by atoms with E-state index in [4.69, 9.17) is 4.74 Å². The van der Waals surface area contributed by atoms with Gasteiger partial charge >= 0.3 is 0 Å². The van der Waals surface area contributed by atoms with Crippen molar-refractivity contribution < 1.29 is 28.7 Å². The fraction of sp³-hybridized carbons (Fsp3) is 0.267. The second-order valence-corrected chi connectivity index (χ2v) is 9.59. The second-order valence-electron chi connectivity index (χ2n) is 9.59. The molecular formula is C30H31FN2O4. The molecule has 1 aliphatic rings. The quantitative estimate of drug-likeness (QED) is 0.277. The largest absolute Gasteiger partial charge is 0.872 e. The van der Waals surface area contributed by atoms with Crippen molar-refractivity contribution >= 4 is 17.4 Å². The number of likely N-dealkylation sites (tertiary alicyclic amines) is 1. The average molecular weight is 503 g/mol. The lowest BCUT2D eigenvalue weighted by molar-refractivity contribution is -0.858. The van der Waals surface area contributed by atoms with E-state index in [-0.39, 0.29) is 5.57 Å². The maximum absolute atomic E-state index is 13.7. The molecule has 1 atom stereocenters. The first-order valence-electron chi connectivity index (χ1n) is 12.3. The average Bonchev–Trinajstić information content (AvgIpc) is 3.13. The molecule has 6 nitrogen and oxygen atoms in total. The summed E-state index contributed by atoms with van der Waals surface area (Å²) in [5.41, 5.74) is 2.48. The molecule has 1 N–H and O–H groups in total. The van der Waals surface area contributed by atoms with E-state index in [1.165, 1.54) is 34.1 Å². The Balaban J connectivity index is 1.67. The Morgan fingerprint density at radius 2 is 1.73 bits per heavy atom. The van der Waals surface area contributed by atoms with Crippen LogP contribution in [0.15, 0.2) is 78.4 Å². The third-order valence-corrected chi connectivity index (χ3v) is 6.47. The fourth-order valence-corrected chi connectivity index (χ4v) is 4.54. The molecule has 0 saturated carbocycles. The van der Waals surface area contributed by atoms with Gasteiger partial charge in [0, 0.05) is 18.5 Å². The summed E-state index contributed by atoms with van der Waals surface area (Å²) < 4.78 is 19.6. The van der Waals surface area contributed by atoms with E-state index < -0.39 is 29.3 Å². The van der Waals surface area contributed by atoms with Crippen LogP contribution in [0.5, 0.6) is 5.75 Å². The van der Waals surface area contributed by atoms with Crippen molar-refractivity contribution in [2.75, 3.05) is 27.2 Å². The number of hydrogen-bond acceptors (Lipinski definition) is 4. The lowest BCUT2D eigenvalue weighted by Gasteiger charge is -2.28. The summed E-state index contributed by atoms with van der Waals surface area (Å²) in [5.74, 6) is -1.82. The number of nitrogens with one attached hydrogen (secondary N) is 1. The molecule has 1 aliphatic heterocycles. The first-order chi connectivity index (χ1) is 17.8. The van der Waals surface area contributed by atoms with Gasteiger partial charge in [0.1, 0.15) is 18.2 Å². The molecular weight excluding hydrogens is 471 g/mol. The SMILES string of the molecule is Cc1cc(/C([O-])=C2\C(=O)C(=O)N(CCC[NH+](C)C)C2c2ccc(F)cc2)ccc1OCc1ccccc1. The van der Waals surface area contributed by atoms with Crippen molar-refractivity contribution in [3.8, 4) is 5.75 Å². The van der Waals surface area contributed by atoms with Crippen LogP contribution >= 0.6 is 0 Å². The van der Waals surface area contributed by atoms with Crippen LogP contribution in [0.25, 0.3) is 5.76 Å². The van der Waals surface area contributed by atoms with Crippen LogP contribution in [0.1, 0.15) is 34.7 Å². The molecule has 192 valence electrons. The topological polar surface area (TPSA) is 74.1 Å². The Hall–Kier alpha value is -3.97. The number of benzene rings is 3. The third kappa shape index (κ3) is 5.89. The van der Waals surface area contributed by atoms with Crippen molar-refractivity contribution in [1.82, 2.24) is 4.90 Å². The minimum atomic E-state index is -0.862. The molecule has 0 spiro atoms. The number of ether oxygens (including phenoxy) is 1. The number of ketones is 1. The highest BCUT2D eigenvalue weighted by atomic mass is 19.1. The Morgan fingerprint density at radius 3 is 2.38 bits per heavy atom. The number of Topliss-reactive ketones (excluding diaryl/α,β-unsaturated/α-hetero) is 1. The maximum Gasteiger partial charge on any atom is 0.295 e. The summed E-state index contributed by atoms with van der Waals surface area (Å²) in [4.78, 5) is 28.8. The highest BCUT2D eigenvalue weighted by Gasteiger charge is 2.44. The van der Waals surface area contributed by atoms with Crippen molar-refractivity contribution in [3.63, 3.8) is 0 Å². The fourth-order valence-electron chi connectivity index (χ4n) is 4.54. The molecule has 1 heterocycles. The van der Waals surface area contributed by atoms with Crippen LogP contribution in [0.2, 0.25) is 0 Å². The lowest BCUT2D eigenvalue weighted by Crippen LogP contribution is -3.05. The zero-order valence-corrected chi connectivity index (χ0v) is 21.3. The molecule has 4 rings (SSSR count). The number of carbonyl (C=O) groups is 2. The molecule has 7 heteroatoms. The van der Waals surface area contributed by atoms with Gasteiger partial charge in [-0.3, -0.25) is 9.59 Å². The molecule has 1 amide bonds. The predicted octanol–water partition coefficient (Wildman–Crippen LogP) is 2.47. The van der Waals surface area contributed by atoms with E-state index in [1.54, 1.807) is 18.2 Å². The predicted molar refractivity (Wildman–Crippen MR) is 137 cm³/mol. The van der Waals surface area contributed by atoms with Gasteiger partial charge in [-0.15, -0.1) is 0 Å². The molecule has 37 heavy (non-hydrogen) atoms. The monoisotopic (exact) mass is 502 g/mol. The molecule has 3 aromatic carbocycles. The number of hydrogen-bond donors (Lipinski definition) is 1. The minimum absolute atomic E-state index is 0.105. The van der Waals surface area contributed by atoms with Gasteiger partial charge in [0.05, 0.1) is 26.7 Å². The van der Waals surface area contributed by atoms with Crippen LogP contribution < -0.4 is 14.7 Å². The number of halogens is 1. The van der Waals surface area contributed by atoms with Gasteiger partial charge < -0.3 is 19.6 Å². The first kappa shape index (κ1) is 26.1. The maximum atomic E-state index is 13.7. The Kier molecular flexibility index (Phi) is 8.04. The lowest BCUT2D eigenvalue weighted by atomic mass is 9.94. The minimum Gasteiger partial charge on any atom is -0.872 e. The molecule has 0 aromatic heterocycles. The van der Waals surface area contributed by atoms with Gasteiger partial charge in [-0.1, -0.05) is 54.3 Å². The number of amides is 1. The summed E-state index contributed by atoms with van der Waals surface area (Å²) in [7, 11) is 4.01. The Bertz CT molecular complexity index is 1300. The third-order valence-electron chi connectivity index (χ3n) is 6.47. The van der Waals surface area contributed by atoms with Crippen LogP contribution in [-0.2, 0) is 16.2 Å². The molecule has 1 fully saturated rings. The molecule has 0 radical (unpaired) electrons. The molecule has 0 bridgehead atoms. The Morgan fingerprint density at radius 1 is 1.03 bits per heavy atom. The number of carbonyl (C=O) groups excluding carboxylic acids is 2. The molecule has 1 saturated heterocycles. The van der Waals surface area contributed by atoms with Gasteiger partial charge in [0.2, 0.25) is 5.78 Å². The summed E-state index contributed by atoms with van der Waals surface area (Å²) in [6.45, 7) is 3.33. The van der Waals surface area contributed by atoms with Gasteiger partial charge in [-0.2, -0.15) is 0 Å². The molecule has 1 unspecified atom stereocenters. The summed E-state index contributed by atoms with van der Waals surface area (Å²) in [6, 6.07) is 19.5. The molecule has 0 aliphatic carbocycles. The Labute approximate surface area is 216 Å². The second kappa shape index (κ2) is 11.4. The normalized spacial score (nSPS) is 17.0. The van der Waals surface area contributed by atoms with Gasteiger partial charge in [0.15, 0.2) is 0 Å². The smallest absolute Gasteiger partial charge is 0.295 e. The van der Waals surface area contributed by atoms with E-state index in [1.807, 2.05) is 51.4 Å². The van der Waals surface area contributed by atoms with E-state index >= 15 is 0 Å². The van der Waals surface area contributed by atoms with Crippen LogP contribution in [0, 0.1) is 12.7 Å². The molecule has 3 aromatic rings. The summed E-state index contributed by atoms with van der Waals surface area (Å²) >= 11 is 0. The van der Waals surface area contributed by atoms with Gasteiger partial charge in [-0.05, 0) is 53.4 Å². The van der Waals surface area contributed by atoms with Crippen molar-refractivity contribution in [2.24, 2.45) is 0 Å². The van der Waals surface area contributed by atoms with E-state index in [0.29, 0.717) is 36.4 Å². The number of nitrogens with zero attached hydrogens (tertiary/aromatic N) is 1. The van der Waals surface area contributed by atoms with Crippen molar-refractivity contribution in [2.45, 2.75) is 26.0 Å². The van der Waals surface area contributed by atoms with Crippen molar-refractivity contribution in [1.29, 1.82) is 0 Å². The highest BCUT2D eigenvalue weighted by Crippen LogP contribution is 2.39. The van der Waals surface area contributed by atoms with E-state index in [9.17, 15) is 19.1 Å². The van der Waals surface area contributed by atoms with Crippen LogP contribution in [0.4, 0.5) is 4.39 Å². The van der Waals surface area contributed by atoms with E-state index in [2.05, 4.69) is 0 Å². The van der Waals surface area contributed by atoms with E-state index in [0.717, 1.165) is 17.7 Å². The number of rotatable bonds is 9. The zero-order valence-electron chi connectivity index (χ0n) is 21.3. The first-order valence-corrected chi connectivity index (χ1v) is 12.3. The standard InChI is InChI=1S/C30H31FN2O4/c1-20-18-23(12-15-25(20)37-19-21-8-5-4-6-9-21)28(34)26-27(22-10-13-24(31)14-11-22)33(30(36)29(26)35)17-7-16-32(2)3/h4-6,8-15,18,27,34H,7,16-17,19H2,1-3H3/b28-26+. The summed E-state index contributed by atoms with van der Waals surface area (Å²) in [5, 5.41) is 13.7. The highest BCUT2D eigenvalue weighted by molar-refractivity contribution is 6.46. The van der Waals surface area contributed by atoms with Crippen LogP contribution in [-0.4, -0.2) is 43.8 Å². The van der Waals surface area contributed by atoms with Gasteiger partial charge in [0.25, 0.3) is 5.91 Å². The number of aryl methyl sites for hydroxylation is 1. The van der Waals surface area contributed by atoms with Crippen LogP contribution in [0.3, 0.4) is 0 Å². The van der Waals surface area contributed by atoms with Gasteiger partial charge in [-0.25, -0.2) is 4.39 Å². The van der Waals surface area contributed by atoms with Crippen molar-refractivity contribution in [3.05, 3.63) is 106 Å².